The van der Waals surface area contributed by atoms with Crippen LogP contribution in [-0.4, -0.2) is 64.5 Å². The van der Waals surface area contributed by atoms with Crippen LogP contribution >= 0.6 is 0 Å². The zero-order valence-electron chi connectivity index (χ0n) is 20.9. The molecule has 0 bridgehead atoms. The predicted octanol–water partition coefficient (Wildman–Crippen LogP) is 4.30. The zero-order chi connectivity index (χ0) is 24.8. The maximum atomic E-state index is 14.5. The molecule has 1 saturated carbocycles. The van der Waals surface area contributed by atoms with E-state index in [1.165, 1.54) is 6.07 Å². The molecule has 0 spiro atoms. The summed E-state index contributed by atoms with van der Waals surface area (Å²) in [5, 5.41) is 3.26. The Labute approximate surface area is 207 Å². The first-order valence-corrected chi connectivity index (χ1v) is 12.3. The first-order valence-electron chi connectivity index (χ1n) is 12.3. The van der Waals surface area contributed by atoms with Crippen molar-refractivity contribution in [2.24, 2.45) is 0 Å². The Hall–Kier alpha value is -2.68. The van der Waals surface area contributed by atoms with Crippen molar-refractivity contribution >= 4 is 11.7 Å². The van der Waals surface area contributed by atoms with Gasteiger partial charge >= 0.3 is 6.03 Å². The number of ether oxygens (including phenoxy) is 3. The van der Waals surface area contributed by atoms with E-state index in [1.807, 2.05) is 35.2 Å². The van der Waals surface area contributed by atoms with Crippen molar-refractivity contribution < 1.29 is 23.4 Å². The molecule has 0 radical (unpaired) electrons. The number of amides is 2. The highest BCUT2D eigenvalue weighted by Gasteiger charge is 2.37. The van der Waals surface area contributed by atoms with Gasteiger partial charge in [0.05, 0.1) is 11.7 Å². The van der Waals surface area contributed by atoms with Crippen molar-refractivity contribution in [2.45, 2.75) is 44.0 Å². The number of nitrogens with one attached hydrogen (secondary N) is 1. The summed E-state index contributed by atoms with van der Waals surface area (Å²) in [6.07, 6.45) is 3.50. The summed E-state index contributed by atoms with van der Waals surface area (Å²) >= 11 is 0. The number of methoxy groups -OCH3 is 2. The molecule has 7 nitrogen and oxygen atoms in total. The van der Waals surface area contributed by atoms with Crippen LogP contribution in [0.4, 0.5) is 14.9 Å². The number of urea groups is 1. The van der Waals surface area contributed by atoms with E-state index in [-0.39, 0.29) is 18.0 Å². The molecular weight excluding hydrogens is 449 g/mol. The second-order valence-electron chi connectivity index (χ2n) is 9.34. The Balaban J connectivity index is 1.39. The van der Waals surface area contributed by atoms with E-state index < -0.39 is 5.60 Å². The fourth-order valence-electron chi connectivity index (χ4n) is 4.97. The first kappa shape index (κ1) is 25.4. The fraction of sp³-hybridized carbons (Fsp3) is 0.519. The van der Waals surface area contributed by atoms with Crippen molar-refractivity contribution in [3.63, 3.8) is 0 Å². The van der Waals surface area contributed by atoms with Crippen LogP contribution in [0.2, 0.25) is 0 Å². The molecule has 1 heterocycles. The quantitative estimate of drug-likeness (QED) is 0.634. The van der Waals surface area contributed by atoms with Gasteiger partial charge in [-0.1, -0.05) is 12.1 Å². The molecule has 0 unspecified atom stereocenters. The zero-order valence-corrected chi connectivity index (χ0v) is 20.9. The van der Waals surface area contributed by atoms with Gasteiger partial charge in [-0.25, -0.2) is 9.18 Å². The largest absolute Gasteiger partial charge is 0.489 e. The molecule has 0 atom stereocenters. The predicted molar refractivity (Wildman–Crippen MR) is 133 cm³/mol. The fourth-order valence-corrected chi connectivity index (χ4v) is 4.97. The SMILES string of the molecule is CO[C@H]1CC[C@@](OC)(c2cc(F)cc(OCc3ccc(N(C)C(=O)N4CCNCC4)cc3)c2)CC1. The molecule has 190 valence electrons. The maximum Gasteiger partial charge on any atom is 0.324 e. The molecule has 2 fully saturated rings. The smallest absolute Gasteiger partial charge is 0.324 e. The van der Waals surface area contributed by atoms with E-state index in [4.69, 9.17) is 14.2 Å². The van der Waals surface area contributed by atoms with Crippen molar-refractivity contribution in [1.29, 1.82) is 0 Å². The lowest BCUT2D eigenvalue weighted by molar-refractivity contribution is -0.0764. The van der Waals surface area contributed by atoms with Crippen molar-refractivity contribution in [3.8, 4) is 5.75 Å². The van der Waals surface area contributed by atoms with Gasteiger partial charge in [-0.2, -0.15) is 0 Å². The highest BCUT2D eigenvalue weighted by atomic mass is 19.1. The van der Waals surface area contributed by atoms with Crippen molar-refractivity contribution in [2.75, 3.05) is 52.3 Å². The molecule has 0 aromatic heterocycles. The van der Waals surface area contributed by atoms with Crippen LogP contribution in [0.5, 0.6) is 5.75 Å². The van der Waals surface area contributed by atoms with Gasteiger partial charge in [0, 0.05) is 59.2 Å². The van der Waals surface area contributed by atoms with Gasteiger partial charge in [0.2, 0.25) is 0 Å². The third-order valence-corrected chi connectivity index (χ3v) is 7.27. The lowest BCUT2D eigenvalue weighted by atomic mass is 9.78. The highest BCUT2D eigenvalue weighted by Crippen LogP contribution is 2.42. The molecule has 1 aliphatic carbocycles. The molecule has 1 saturated heterocycles. The van der Waals surface area contributed by atoms with Crippen LogP contribution in [-0.2, 0) is 21.7 Å². The Morgan fingerprint density at radius 1 is 1.11 bits per heavy atom. The lowest BCUT2D eigenvalue weighted by Crippen LogP contribution is -2.50. The van der Waals surface area contributed by atoms with E-state index in [0.717, 1.165) is 55.6 Å². The van der Waals surface area contributed by atoms with Gasteiger partial charge in [0.15, 0.2) is 0 Å². The summed E-state index contributed by atoms with van der Waals surface area (Å²) < 4.78 is 31.9. The van der Waals surface area contributed by atoms with Crippen LogP contribution in [0.25, 0.3) is 0 Å². The van der Waals surface area contributed by atoms with Crippen molar-refractivity contribution in [3.05, 3.63) is 59.4 Å². The average molecular weight is 486 g/mol. The van der Waals surface area contributed by atoms with Crippen LogP contribution in [0.1, 0.15) is 36.8 Å². The first-order chi connectivity index (χ1) is 16.9. The third-order valence-electron chi connectivity index (χ3n) is 7.27. The van der Waals surface area contributed by atoms with Gasteiger partial charge in [0.25, 0.3) is 0 Å². The minimum atomic E-state index is -0.529. The average Bonchev–Trinajstić information content (AvgIpc) is 2.91. The van der Waals surface area contributed by atoms with Crippen molar-refractivity contribution in [1.82, 2.24) is 10.2 Å². The van der Waals surface area contributed by atoms with Gasteiger partial charge in [-0.15, -0.1) is 0 Å². The molecule has 2 aromatic carbocycles. The summed E-state index contributed by atoms with van der Waals surface area (Å²) in [4.78, 5) is 16.2. The van der Waals surface area contributed by atoms with E-state index >= 15 is 0 Å². The third kappa shape index (κ3) is 5.94. The van der Waals surface area contributed by atoms with Crippen LogP contribution in [0.15, 0.2) is 42.5 Å². The Morgan fingerprint density at radius 2 is 1.80 bits per heavy atom. The van der Waals surface area contributed by atoms with Gasteiger partial charge < -0.3 is 24.4 Å². The van der Waals surface area contributed by atoms with Crippen LogP contribution in [0.3, 0.4) is 0 Å². The summed E-state index contributed by atoms with van der Waals surface area (Å²) in [6, 6.07) is 12.5. The number of halogens is 1. The van der Waals surface area contributed by atoms with E-state index in [9.17, 15) is 9.18 Å². The number of nitrogens with zero attached hydrogens (tertiary/aromatic N) is 2. The number of carbonyl (C=O) groups excluding carboxylic acids is 1. The number of anilines is 1. The molecule has 2 amide bonds. The number of hydrogen-bond acceptors (Lipinski definition) is 5. The lowest BCUT2D eigenvalue weighted by Gasteiger charge is -2.39. The summed E-state index contributed by atoms with van der Waals surface area (Å²) in [6.45, 7) is 3.35. The highest BCUT2D eigenvalue weighted by molar-refractivity contribution is 5.91. The molecule has 8 heteroatoms. The van der Waals surface area contributed by atoms with Crippen LogP contribution in [0, 0.1) is 5.82 Å². The number of hydrogen-bond donors (Lipinski definition) is 1. The van der Waals surface area contributed by atoms with E-state index in [0.29, 0.717) is 25.4 Å². The number of carbonyl (C=O) groups is 1. The molecule has 4 rings (SSSR count). The van der Waals surface area contributed by atoms with Gasteiger partial charge in [0.1, 0.15) is 18.2 Å². The maximum absolute atomic E-state index is 14.5. The minimum Gasteiger partial charge on any atom is -0.489 e. The summed E-state index contributed by atoms with van der Waals surface area (Å²) in [5.74, 6) is 0.131. The monoisotopic (exact) mass is 485 g/mol. The topological polar surface area (TPSA) is 63.3 Å². The molecule has 2 aliphatic rings. The molecule has 2 aromatic rings. The van der Waals surface area contributed by atoms with Gasteiger partial charge in [-0.05, 0) is 61.1 Å². The second kappa shape index (κ2) is 11.4. The minimum absolute atomic E-state index is 0.00519. The number of rotatable bonds is 7. The standard InChI is InChI=1S/C27H36FN3O4/c1-30(26(32)31-14-12-29-13-15-31)23-6-4-20(5-7-23)19-35-25-17-21(16-22(28)18-25)27(34-3)10-8-24(33-2)9-11-27/h4-7,16-18,24,29H,8-15,19H2,1-3H3/t24-,27-. The summed E-state index contributed by atoms with van der Waals surface area (Å²) in [5.41, 5.74) is 2.02. The number of benzene rings is 2. The number of piperazine rings is 1. The van der Waals surface area contributed by atoms with Crippen LogP contribution < -0.4 is 15.0 Å². The Kier molecular flexibility index (Phi) is 8.26. The Morgan fingerprint density at radius 3 is 2.43 bits per heavy atom. The molecule has 1 aliphatic heterocycles. The Bertz CT molecular complexity index is 986. The molecular formula is C27H36FN3O4. The van der Waals surface area contributed by atoms with Gasteiger partial charge in [-0.3, -0.25) is 4.90 Å². The molecule has 35 heavy (non-hydrogen) atoms. The second-order valence-corrected chi connectivity index (χ2v) is 9.34. The normalized spacial score (nSPS) is 22.6. The molecule has 1 N–H and O–H groups in total. The van der Waals surface area contributed by atoms with E-state index in [1.54, 1.807) is 32.2 Å². The summed E-state index contributed by atoms with van der Waals surface area (Å²) in [7, 11) is 5.20. The van der Waals surface area contributed by atoms with E-state index in [2.05, 4.69) is 5.32 Å².